The van der Waals surface area contributed by atoms with Gasteiger partial charge in [-0.1, -0.05) is 0 Å². The number of hydrogen-bond acceptors (Lipinski definition) is 5. The summed E-state index contributed by atoms with van der Waals surface area (Å²) in [6.45, 7) is 3.28. The summed E-state index contributed by atoms with van der Waals surface area (Å²) in [7, 11) is -3.70. The first-order chi connectivity index (χ1) is 10.4. The van der Waals surface area contributed by atoms with Gasteiger partial charge in [-0.15, -0.1) is 0 Å². The monoisotopic (exact) mass is 325 g/mol. The highest BCUT2D eigenvalue weighted by Crippen LogP contribution is 2.34. The maximum atomic E-state index is 12.4. The van der Waals surface area contributed by atoms with Crippen LogP contribution in [0.25, 0.3) is 0 Å². The van der Waals surface area contributed by atoms with Crippen LogP contribution in [0.2, 0.25) is 0 Å². The van der Waals surface area contributed by atoms with Crippen molar-refractivity contribution in [3.05, 3.63) is 27.8 Å². The molecule has 1 aliphatic carbocycles. The number of anilines is 1. The SMILES string of the molecule is Cc1c(N2CCCC2)cc(S(=O)(=O)NC2CC2)cc1[N+](=O)[O-]. The lowest BCUT2D eigenvalue weighted by Crippen LogP contribution is -2.26. The molecule has 2 aliphatic rings. The molecule has 0 unspecified atom stereocenters. The smallest absolute Gasteiger partial charge is 0.275 e. The molecule has 0 atom stereocenters. The number of nitrogens with zero attached hydrogens (tertiary/aromatic N) is 2. The Bertz CT molecular complexity index is 707. The Labute approximate surface area is 129 Å². The standard InChI is InChI=1S/C14H19N3O4S/c1-10-13(16-6-2-3-7-16)8-12(9-14(10)17(18)19)22(20,21)15-11-4-5-11/h8-9,11,15H,2-7H2,1H3. The van der Waals surface area contributed by atoms with E-state index in [1.54, 1.807) is 13.0 Å². The minimum Gasteiger partial charge on any atom is -0.371 e. The minimum absolute atomic E-state index is 0.0152. The molecule has 1 aromatic rings. The fourth-order valence-corrected chi connectivity index (χ4v) is 4.12. The van der Waals surface area contributed by atoms with E-state index in [-0.39, 0.29) is 16.6 Å². The van der Waals surface area contributed by atoms with Crippen LogP contribution in [0.5, 0.6) is 0 Å². The summed E-state index contributed by atoms with van der Waals surface area (Å²) < 4.78 is 27.3. The van der Waals surface area contributed by atoms with Gasteiger partial charge in [0.25, 0.3) is 5.69 Å². The lowest BCUT2D eigenvalue weighted by Gasteiger charge is -2.21. The molecular weight excluding hydrogens is 306 g/mol. The Balaban J connectivity index is 2.07. The Morgan fingerprint density at radius 3 is 2.45 bits per heavy atom. The van der Waals surface area contributed by atoms with Gasteiger partial charge in [0.15, 0.2) is 0 Å². The maximum Gasteiger partial charge on any atom is 0.275 e. The number of hydrogen-bond donors (Lipinski definition) is 1. The van der Waals surface area contributed by atoms with Crippen molar-refractivity contribution in [1.29, 1.82) is 0 Å². The second kappa shape index (κ2) is 5.51. The van der Waals surface area contributed by atoms with Crippen molar-refractivity contribution in [2.45, 2.75) is 43.5 Å². The van der Waals surface area contributed by atoms with Crippen LogP contribution in [0.3, 0.4) is 0 Å². The van der Waals surface area contributed by atoms with Gasteiger partial charge in [0.2, 0.25) is 10.0 Å². The molecule has 0 radical (unpaired) electrons. The van der Waals surface area contributed by atoms with Crippen LogP contribution in [0.15, 0.2) is 17.0 Å². The third-order valence-electron chi connectivity index (χ3n) is 4.18. The van der Waals surface area contributed by atoms with Crippen molar-refractivity contribution in [3.8, 4) is 0 Å². The number of sulfonamides is 1. The highest BCUT2D eigenvalue weighted by atomic mass is 32.2. The zero-order valence-electron chi connectivity index (χ0n) is 12.4. The quantitative estimate of drug-likeness (QED) is 0.660. The lowest BCUT2D eigenvalue weighted by molar-refractivity contribution is -0.385. The Hall–Kier alpha value is -1.67. The van der Waals surface area contributed by atoms with Crippen molar-refractivity contribution < 1.29 is 13.3 Å². The number of rotatable bonds is 5. The van der Waals surface area contributed by atoms with Crippen molar-refractivity contribution in [2.75, 3.05) is 18.0 Å². The van der Waals surface area contributed by atoms with Gasteiger partial charge in [-0.25, -0.2) is 13.1 Å². The van der Waals surface area contributed by atoms with E-state index in [2.05, 4.69) is 4.72 Å². The average Bonchev–Trinajstić information content (AvgIpc) is 3.08. The molecule has 120 valence electrons. The topological polar surface area (TPSA) is 92.6 Å². The first-order valence-electron chi connectivity index (χ1n) is 7.45. The first-order valence-corrected chi connectivity index (χ1v) is 8.93. The third-order valence-corrected chi connectivity index (χ3v) is 5.68. The summed E-state index contributed by atoms with van der Waals surface area (Å²) in [4.78, 5) is 12.8. The molecule has 0 spiro atoms. The molecule has 1 aliphatic heterocycles. The van der Waals surface area contributed by atoms with Gasteiger partial charge in [-0.2, -0.15) is 0 Å². The molecule has 1 saturated heterocycles. The van der Waals surface area contributed by atoms with Gasteiger partial charge >= 0.3 is 0 Å². The van der Waals surface area contributed by atoms with E-state index in [4.69, 9.17) is 0 Å². The van der Waals surface area contributed by atoms with Crippen LogP contribution in [-0.4, -0.2) is 32.5 Å². The number of nitro groups is 1. The molecule has 1 heterocycles. The molecule has 3 rings (SSSR count). The zero-order chi connectivity index (χ0) is 15.9. The van der Waals surface area contributed by atoms with Crippen LogP contribution >= 0.6 is 0 Å². The van der Waals surface area contributed by atoms with E-state index >= 15 is 0 Å². The average molecular weight is 325 g/mol. The minimum atomic E-state index is -3.70. The Kier molecular flexibility index (Phi) is 3.82. The molecule has 0 amide bonds. The first kappa shape index (κ1) is 15.2. The number of nitrogens with one attached hydrogen (secondary N) is 1. The van der Waals surface area contributed by atoms with E-state index in [0.29, 0.717) is 11.3 Å². The van der Waals surface area contributed by atoms with Crippen molar-refractivity contribution in [1.82, 2.24) is 4.72 Å². The highest BCUT2D eigenvalue weighted by molar-refractivity contribution is 7.89. The predicted octanol–water partition coefficient (Wildman–Crippen LogP) is 1.94. The van der Waals surface area contributed by atoms with E-state index in [1.165, 1.54) is 6.07 Å². The molecule has 0 bridgehead atoms. The summed E-state index contributed by atoms with van der Waals surface area (Å²) in [6, 6.07) is 2.71. The summed E-state index contributed by atoms with van der Waals surface area (Å²) in [5.74, 6) is 0. The summed E-state index contributed by atoms with van der Waals surface area (Å²) in [5, 5.41) is 11.3. The van der Waals surface area contributed by atoms with Gasteiger partial charge in [0, 0.05) is 30.9 Å². The largest absolute Gasteiger partial charge is 0.371 e. The fourth-order valence-electron chi connectivity index (χ4n) is 2.78. The van der Waals surface area contributed by atoms with Crippen LogP contribution < -0.4 is 9.62 Å². The van der Waals surface area contributed by atoms with Crippen molar-refractivity contribution in [3.63, 3.8) is 0 Å². The van der Waals surface area contributed by atoms with Gasteiger partial charge in [0.05, 0.1) is 15.4 Å². The maximum absolute atomic E-state index is 12.4. The van der Waals surface area contributed by atoms with Crippen molar-refractivity contribution >= 4 is 21.4 Å². The second-order valence-electron chi connectivity index (χ2n) is 5.93. The van der Waals surface area contributed by atoms with Crippen LogP contribution in [-0.2, 0) is 10.0 Å². The highest BCUT2D eigenvalue weighted by Gasteiger charge is 2.31. The Morgan fingerprint density at radius 1 is 1.27 bits per heavy atom. The summed E-state index contributed by atoms with van der Waals surface area (Å²) in [6.07, 6.45) is 3.69. The molecule has 1 N–H and O–H groups in total. The van der Waals surface area contributed by atoms with Gasteiger partial charge in [0.1, 0.15) is 0 Å². The van der Waals surface area contributed by atoms with Crippen LogP contribution in [0.1, 0.15) is 31.2 Å². The van der Waals surface area contributed by atoms with E-state index in [0.717, 1.165) is 38.8 Å². The molecule has 2 fully saturated rings. The summed E-state index contributed by atoms with van der Waals surface area (Å²) >= 11 is 0. The molecule has 1 saturated carbocycles. The molecule has 22 heavy (non-hydrogen) atoms. The van der Waals surface area contributed by atoms with E-state index in [9.17, 15) is 18.5 Å². The Morgan fingerprint density at radius 2 is 1.91 bits per heavy atom. The molecule has 0 aromatic heterocycles. The van der Waals surface area contributed by atoms with E-state index in [1.807, 2.05) is 4.90 Å². The second-order valence-corrected chi connectivity index (χ2v) is 7.65. The van der Waals surface area contributed by atoms with Crippen LogP contribution in [0, 0.1) is 17.0 Å². The van der Waals surface area contributed by atoms with Crippen LogP contribution in [0.4, 0.5) is 11.4 Å². The lowest BCUT2D eigenvalue weighted by atomic mass is 10.1. The zero-order valence-corrected chi connectivity index (χ0v) is 13.2. The fraction of sp³-hybridized carbons (Fsp3) is 0.571. The third kappa shape index (κ3) is 2.93. The number of benzene rings is 1. The van der Waals surface area contributed by atoms with Gasteiger partial charge in [-0.3, -0.25) is 10.1 Å². The molecule has 1 aromatic carbocycles. The van der Waals surface area contributed by atoms with Crippen molar-refractivity contribution in [2.24, 2.45) is 0 Å². The predicted molar refractivity (Wildman–Crippen MR) is 82.6 cm³/mol. The number of nitro benzene ring substituents is 1. The van der Waals surface area contributed by atoms with Gasteiger partial charge in [-0.05, 0) is 38.7 Å². The normalized spacial score (nSPS) is 18.7. The summed E-state index contributed by atoms with van der Waals surface area (Å²) in [5.41, 5.74) is 1.04. The van der Waals surface area contributed by atoms with E-state index < -0.39 is 14.9 Å². The molecule has 8 heteroatoms. The molecular formula is C14H19N3O4S. The van der Waals surface area contributed by atoms with Gasteiger partial charge < -0.3 is 4.90 Å². The molecule has 7 nitrogen and oxygen atoms in total.